The molecule has 2 unspecified atom stereocenters. The fourth-order valence-electron chi connectivity index (χ4n) is 1.63. The molecular weight excluding hydrogens is 252 g/mol. The number of anilines is 1. The van der Waals surface area contributed by atoms with Gasteiger partial charge < -0.3 is 5.32 Å². The lowest BCUT2D eigenvalue weighted by Gasteiger charge is -2.24. The predicted molar refractivity (Wildman–Crippen MR) is 78.3 cm³/mol. The Balaban J connectivity index is 2.16. The second kappa shape index (κ2) is 5.32. The lowest BCUT2D eigenvalue weighted by atomic mass is 10.1. The molecule has 0 aliphatic carbocycles. The molecule has 1 aliphatic heterocycles. The van der Waals surface area contributed by atoms with Gasteiger partial charge in [-0.15, -0.1) is 0 Å². The van der Waals surface area contributed by atoms with Crippen LogP contribution in [-0.4, -0.2) is 17.0 Å². The average molecular weight is 269 g/mol. The largest absolute Gasteiger partial charge is 0.334 e. The van der Waals surface area contributed by atoms with Crippen LogP contribution in [0.3, 0.4) is 0 Å². The zero-order valence-corrected chi connectivity index (χ0v) is 11.9. The van der Waals surface area contributed by atoms with Crippen molar-refractivity contribution in [2.24, 2.45) is 10.9 Å². The molecule has 1 aromatic rings. The lowest BCUT2D eigenvalue weighted by molar-refractivity contribution is 0.537. The van der Waals surface area contributed by atoms with Crippen LogP contribution in [0.1, 0.15) is 19.4 Å². The van der Waals surface area contributed by atoms with E-state index in [4.69, 9.17) is 11.6 Å². The number of hydrogen-bond donors (Lipinski definition) is 1. The third kappa shape index (κ3) is 2.96. The van der Waals surface area contributed by atoms with Gasteiger partial charge in [-0.1, -0.05) is 42.4 Å². The monoisotopic (exact) mass is 268 g/mol. The van der Waals surface area contributed by atoms with Crippen LogP contribution < -0.4 is 5.32 Å². The summed E-state index contributed by atoms with van der Waals surface area (Å²) in [6.45, 7) is 6.40. The number of aliphatic imine (C=N–C) groups is 1. The van der Waals surface area contributed by atoms with E-state index in [9.17, 15) is 0 Å². The second-order valence-electron chi connectivity index (χ2n) is 4.52. The van der Waals surface area contributed by atoms with E-state index in [1.54, 1.807) is 11.8 Å². The van der Waals surface area contributed by atoms with Crippen molar-refractivity contribution in [1.82, 2.24) is 0 Å². The van der Waals surface area contributed by atoms with Gasteiger partial charge in [-0.05, 0) is 31.4 Å². The maximum absolute atomic E-state index is 6.25. The Bertz CT molecular complexity index is 445. The quantitative estimate of drug-likeness (QED) is 0.826. The highest BCUT2D eigenvalue weighted by atomic mass is 35.5. The number of thioether (sulfide) groups is 1. The van der Waals surface area contributed by atoms with E-state index in [1.807, 2.05) is 25.1 Å². The molecule has 2 atom stereocenters. The Labute approximate surface area is 112 Å². The van der Waals surface area contributed by atoms with Gasteiger partial charge in [-0.3, -0.25) is 4.99 Å². The van der Waals surface area contributed by atoms with Gasteiger partial charge in [0.15, 0.2) is 5.17 Å². The third-order valence-electron chi connectivity index (χ3n) is 3.06. The first-order valence-corrected chi connectivity index (χ1v) is 7.17. The second-order valence-corrected chi connectivity index (χ2v) is 5.91. The number of halogens is 1. The molecule has 1 heterocycles. The summed E-state index contributed by atoms with van der Waals surface area (Å²) >= 11 is 8.02. The molecule has 0 spiro atoms. The third-order valence-corrected chi connectivity index (χ3v) is 4.74. The summed E-state index contributed by atoms with van der Waals surface area (Å²) in [5.74, 6) is 1.75. The molecule has 1 aromatic carbocycles. The number of nitrogens with one attached hydrogen (secondary N) is 1. The smallest absolute Gasteiger partial charge is 0.161 e. The highest BCUT2D eigenvalue weighted by Crippen LogP contribution is 2.28. The van der Waals surface area contributed by atoms with Crippen LogP contribution in [0.15, 0.2) is 23.2 Å². The van der Waals surface area contributed by atoms with Gasteiger partial charge >= 0.3 is 0 Å². The van der Waals surface area contributed by atoms with Crippen LogP contribution in [0.25, 0.3) is 0 Å². The van der Waals surface area contributed by atoms with Crippen molar-refractivity contribution in [3.63, 3.8) is 0 Å². The molecule has 92 valence electrons. The van der Waals surface area contributed by atoms with Crippen molar-refractivity contribution in [1.29, 1.82) is 0 Å². The van der Waals surface area contributed by atoms with E-state index < -0.39 is 0 Å². The molecule has 0 saturated carbocycles. The van der Waals surface area contributed by atoms with Crippen molar-refractivity contribution < 1.29 is 0 Å². The number of rotatable bonds is 1. The normalized spacial score (nSPS) is 24.4. The van der Waals surface area contributed by atoms with E-state index in [-0.39, 0.29) is 0 Å². The van der Waals surface area contributed by atoms with Gasteiger partial charge in [0.05, 0.1) is 16.8 Å². The van der Waals surface area contributed by atoms with Crippen LogP contribution in [0.2, 0.25) is 5.02 Å². The fourth-order valence-corrected chi connectivity index (χ4v) is 2.92. The number of nitrogens with zero attached hydrogens (tertiary/aromatic N) is 1. The van der Waals surface area contributed by atoms with Crippen molar-refractivity contribution >= 4 is 34.2 Å². The van der Waals surface area contributed by atoms with Crippen molar-refractivity contribution in [3.05, 3.63) is 28.8 Å². The Hall–Kier alpha value is -0.670. The van der Waals surface area contributed by atoms with E-state index in [1.165, 1.54) is 0 Å². The number of benzene rings is 1. The molecule has 4 heteroatoms. The molecule has 2 rings (SSSR count). The highest BCUT2D eigenvalue weighted by Gasteiger charge is 2.19. The van der Waals surface area contributed by atoms with Gasteiger partial charge in [-0.25, -0.2) is 0 Å². The molecule has 0 bridgehead atoms. The maximum atomic E-state index is 6.25. The Morgan fingerprint density at radius 2 is 2.18 bits per heavy atom. The Morgan fingerprint density at radius 3 is 2.88 bits per heavy atom. The van der Waals surface area contributed by atoms with Crippen LogP contribution in [0, 0.1) is 12.8 Å². The van der Waals surface area contributed by atoms with Gasteiger partial charge in [-0.2, -0.15) is 0 Å². The number of aryl methyl sites for hydroxylation is 1. The minimum atomic E-state index is 0.377. The first-order valence-electron chi connectivity index (χ1n) is 5.80. The van der Waals surface area contributed by atoms with E-state index in [0.29, 0.717) is 12.0 Å². The van der Waals surface area contributed by atoms with E-state index in [0.717, 1.165) is 27.2 Å². The first-order chi connectivity index (χ1) is 8.08. The van der Waals surface area contributed by atoms with E-state index >= 15 is 0 Å². The fraction of sp³-hybridized carbons (Fsp3) is 0.462. The minimum absolute atomic E-state index is 0.377. The number of amidine groups is 1. The summed E-state index contributed by atoms with van der Waals surface area (Å²) in [7, 11) is 0. The van der Waals surface area contributed by atoms with Gasteiger partial charge in [0.1, 0.15) is 0 Å². The molecule has 1 aliphatic rings. The zero-order valence-electron chi connectivity index (χ0n) is 10.3. The van der Waals surface area contributed by atoms with Crippen LogP contribution in [-0.2, 0) is 0 Å². The van der Waals surface area contributed by atoms with Crippen LogP contribution in [0.5, 0.6) is 0 Å². The summed E-state index contributed by atoms with van der Waals surface area (Å²) in [5, 5.41) is 5.08. The van der Waals surface area contributed by atoms with Gasteiger partial charge in [0.2, 0.25) is 0 Å². The summed E-state index contributed by atoms with van der Waals surface area (Å²) in [5.41, 5.74) is 2.03. The molecule has 0 saturated heterocycles. The SMILES string of the molecule is Cc1cccc(NC2=NC(C)C(C)CS2)c1Cl. The average Bonchev–Trinajstić information content (AvgIpc) is 2.30. The molecule has 0 fully saturated rings. The summed E-state index contributed by atoms with van der Waals surface area (Å²) in [6, 6.07) is 6.38. The molecule has 0 amide bonds. The van der Waals surface area contributed by atoms with Crippen LogP contribution in [0.4, 0.5) is 5.69 Å². The first kappa shape index (κ1) is 12.8. The Kier molecular flexibility index (Phi) is 4.00. The number of hydrogen-bond acceptors (Lipinski definition) is 3. The molecule has 0 aromatic heterocycles. The summed E-state index contributed by atoms with van der Waals surface area (Å²) in [4.78, 5) is 4.64. The summed E-state index contributed by atoms with van der Waals surface area (Å²) in [6.07, 6.45) is 0. The predicted octanol–water partition coefficient (Wildman–Crippen LogP) is 4.19. The molecule has 17 heavy (non-hydrogen) atoms. The molecular formula is C13H17ClN2S. The molecule has 1 N–H and O–H groups in total. The highest BCUT2D eigenvalue weighted by molar-refractivity contribution is 8.14. The molecule has 0 radical (unpaired) electrons. The minimum Gasteiger partial charge on any atom is -0.334 e. The topological polar surface area (TPSA) is 24.4 Å². The van der Waals surface area contributed by atoms with E-state index in [2.05, 4.69) is 24.2 Å². The summed E-state index contributed by atoms with van der Waals surface area (Å²) < 4.78 is 0. The zero-order chi connectivity index (χ0) is 12.4. The van der Waals surface area contributed by atoms with Gasteiger partial charge in [0, 0.05) is 5.75 Å². The van der Waals surface area contributed by atoms with Crippen molar-refractivity contribution in [2.45, 2.75) is 26.8 Å². The standard InChI is InChI=1S/C13H17ClN2S/c1-8-5-4-6-11(12(8)14)16-13-15-10(3)9(2)7-17-13/h4-6,9-10H,7H2,1-3H3,(H,15,16). The molecule has 2 nitrogen and oxygen atoms in total. The lowest BCUT2D eigenvalue weighted by Crippen LogP contribution is -2.25. The van der Waals surface area contributed by atoms with Crippen molar-refractivity contribution in [3.8, 4) is 0 Å². The van der Waals surface area contributed by atoms with Gasteiger partial charge in [0.25, 0.3) is 0 Å². The maximum Gasteiger partial charge on any atom is 0.161 e. The Morgan fingerprint density at radius 1 is 1.41 bits per heavy atom. The van der Waals surface area contributed by atoms with Crippen LogP contribution >= 0.6 is 23.4 Å². The van der Waals surface area contributed by atoms with Crippen molar-refractivity contribution in [2.75, 3.05) is 11.1 Å².